The molecule has 2 unspecified atom stereocenters. The van der Waals surface area contributed by atoms with E-state index < -0.39 is 0 Å². The predicted octanol–water partition coefficient (Wildman–Crippen LogP) is 5.88. The zero-order valence-electron chi connectivity index (χ0n) is 15.2. The summed E-state index contributed by atoms with van der Waals surface area (Å²) in [6, 6.07) is 6.25. The minimum absolute atomic E-state index is 0.742. The van der Waals surface area contributed by atoms with Gasteiger partial charge in [0.2, 0.25) is 0 Å². The van der Waals surface area contributed by atoms with Crippen molar-refractivity contribution in [2.75, 3.05) is 14.1 Å². The van der Waals surface area contributed by atoms with E-state index in [2.05, 4.69) is 56.9 Å². The summed E-state index contributed by atoms with van der Waals surface area (Å²) in [5.41, 5.74) is 4.36. The topological polar surface area (TPSA) is 0 Å². The number of hydrogen-bond acceptors (Lipinski definition) is 2. The highest BCUT2D eigenvalue weighted by atomic mass is 32.1. The van der Waals surface area contributed by atoms with Crippen LogP contribution in [0.2, 0.25) is 0 Å². The van der Waals surface area contributed by atoms with E-state index in [1.165, 1.54) is 56.6 Å². The van der Waals surface area contributed by atoms with Crippen molar-refractivity contribution in [1.29, 1.82) is 0 Å². The van der Waals surface area contributed by atoms with Crippen LogP contribution in [0.25, 0.3) is 5.57 Å². The number of rotatable bonds is 3. The van der Waals surface area contributed by atoms with E-state index in [0.717, 1.165) is 18.0 Å². The van der Waals surface area contributed by atoms with Crippen LogP contribution in [0.3, 0.4) is 0 Å². The molecule has 3 heteroatoms. The molecule has 4 rings (SSSR count). The van der Waals surface area contributed by atoms with Gasteiger partial charge >= 0.3 is 0 Å². The molecular formula is C21H28NS2+. The second-order valence-corrected chi connectivity index (χ2v) is 10.0. The van der Waals surface area contributed by atoms with E-state index >= 15 is 0 Å². The predicted molar refractivity (Wildman–Crippen MR) is 107 cm³/mol. The van der Waals surface area contributed by atoms with Gasteiger partial charge in [-0.05, 0) is 53.8 Å². The Morgan fingerprint density at radius 1 is 0.958 bits per heavy atom. The van der Waals surface area contributed by atoms with Crippen molar-refractivity contribution in [2.24, 2.45) is 5.92 Å². The van der Waals surface area contributed by atoms with Crippen molar-refractivity contribution in [3.8, 4) is 0 Å². The van der Waals surface area contributed by atoms with E-state index in [4.69, 9.17) is 0 Å². The van der Waals surface area contributed by atoms with Gasteiger partial charge in [0, 0.05) is 41.0 Å². The van der Waals surface area contributed by atoms with Crippen molar-refractivity contribution in [2.45, 2.75) is 51.6 Å². The Kier molecular flexibility index (Phi) is 4.22. The lowest BCUT2D eigenvalue weighted by Crippen LogP contribution is -2.54. The van der Waals surface area contributed by atoms with Gasteiger partial charge < -0.3 is 4.48 Å². The lowest BCUT2D eigenvalue weighted by Gasteiger charge is -2.43. The third-order valence-corrected chi connectivity index (χ3v) is 8.58. The molecule has 2 aromatic heterocycles. The number of allylic oxidation sites excluding steroid dienone is 1. The summed E-state index contributed by atoms with van der Waals surface area (Å²) in [6.07, 6.45) is 8.21. The molecule has 0 aliphatic carbocycles. The van der Waals surface area contributed by atoms with Crippen LogP contribution >= 0.6 is 22.7 Å². The molecule has 0 saturated carbocycles. The second kappa shape index (κ2) is 6.12. The van der Waals surface area contributed by atoms with E-state index in [1.807, 2.05) is 22.7 Å². The fourth-order valence-corrected chi connectivity index (χ4v) is 6.83. The van der Waals surface area contributed by atoms with Gasteiger partial charge in [-0.25, -0.2) is 0 Å². The molecule has 2 atom stereocenters. The summed E-state index contributed by atoms with van der Waals surface area (Å²) in [6.45, 7) is 4.51. The van der Waals surface area contributed by atoms with E-state index in [9.17, 15) is 0 Å². The number of piperidine rings is 1. The molecule has 0 spiro atoms. The maximum Gasteiger partial charge on any atom is 0.0896 e. The van der Waals surface area contributed by atoms with Gasteiger partial charge in [0.15, 0.2) is 0 Å². The Morgan fingerprint density at radius 2 is 1.46 bits per heavy atom. The molecule has 2 bridgehead atoms. The highest BCUT2D eigenvalue weighted by Crippen LogP contribution is 2.45. The van der Waals surface area contributed by atoms with Gasteiger partial charge in [-0.3, -0.25) is 0 Å². The molecule has 2 saturated heterocycles. The second-order valence-electron chi connectivity index (χ2n) is 8.19. The van der Waals surface area contributed by atoms with Crippen LogP contribution < -0.4 is 0 Å². The number of quaternary nitrogens is 1. The van der Waals surface area contributed by atoms with Crippen molar-refractivity contribution in [1.82, 2.24) is 0 Å². The molecule has 4 heterocycles. The molecule has 128 valence electrons. The minimum atomic E-state index is 0.742. The zero-order chi connectivity index (χ0) is 16.9. The minimum Gasteiger partial charge on any atom is -0.324 e. The van der Waals surface area contributed by atoms with Gasteiger partial charge in [-0.15, -0.1) is 22.7 Å². The Labute approximate surface area is 154 Å². The van der Waals surface area contributed by atoms with E-state index in [-0.39, 0.29) is 0 Å². The SMILES string of the molecule is Cc1ccsc1C(=CC1CC2CCC(C1)[N+]2(C)C)c1sccc1C. The number of aryl methyl sites for hydroxylation is 2. The van der Waals surface area contributed by atoms with Crippen LogP contribution in [0.15, 0.2) is 29.0 Å². The Morgan fingerprint density at radius 3 is 1.88 bits per heavy atom. The summed E-state index contributed by atoms with van der Waals surface area (Å²) in [5.74, 6) is 0.742. The molecule has 2 aliphatic rings. The van der Waals surface area contributed by atoms with Gasteiger partial charge in [0.25, 0.3) is 0 Å². The van der Waals surface area contributed by atoms with Gasteiger partial charge in [0.1, 0.15) is 0 Å². The van der Waals surface area contributed by atoms with E-state index in [0.29, 0.717) is 0 Å². The first-order valence-corrected chi connectivity index (χ1v) is 10.9. The van der Waals surface area contributed by atoms with Crippen molar-refractivity contribution >= 4 is 28.2 Å². The van der Waals surface area contributed by atoms with Crippen LogP contribution in [0.1, 0.15) is 46.6 Å². The molecule has 2 fully saturated rings. The highest BCUT2D eigenvalue weighted by molar-refractivity contribution is 7.14. The zero-order valence-corrected chi connectivity index (χ0v) is 16.8. The standard InChI is InChI=1S/C21H28NS2/c1-14-7-9-23-20(14)19(21-15(2)8-10-24-21)13-16-11-17-5-6-18(12-16)22(17,3)4/h7-10,13,16-18H,5-6,11-12H2,1-4H3/q+1. The molecular weight excluding hydrogens is 330 g/mol. The van der Waals surface area contributed by atoms with Crippen molar-refractivity contribution in [3.63, 3.8) is 0 Å². The van der Waals surface area contributed by atoms with Crippen LogP contribution in [-0.2, 0) is 0 Å². The van der Waals surface area contributed by atoms with E-state index in [1.54, 1.807) is 0 Å². The first-order valence-electron chi connectivity index (χ1n) is 9.11. The average Bonchev–Trinajstić information content (AvgIpc) is 3.15. The van der Waals surface area contributed by atoms with Crippen LogP contribution in [-0.4, -0.2) is 30.7 Å². The Bertz CT molecular complexity index is 706. The fourth-order valence-electron chi connectivity index (χ4n) is 4.85. The first-order chi connectivity index (χ1) is 11.5. The molecule has 24 heavy (non-hydrogen) atoms. The van der Waals surface area contributed by atoms with Crippen LogP contribution in [0.4, 0.5) is 0 Å². The third-order valence-electron chi connectivity index (χ3n) is 6.48. The lowest BCUT2D eigenvalue weighted by molar-refractivity contribution is -0.931. The number of nitrogens with zero attached hydrogens (tertiary/aromatic N) is 1. The van der Waals surface area contributed by atoms with Gasteiger partial charge in [-0.2, -0.15) is 0 Å². The summed E-state index contributed by atoms with van der Waals surface area (Å²) >= 11 is 3.81. The summed E-state index contributed by atoms with van der Waals surface area (Å²) in [5, 5.41) is 4.48. The highest BCUT2D eigenvalue weighted by Gasteiger charge is 2.48. The van der Waals surface area contributed by atoms with Crippen LogP contribution in [0.5, 0.6) is 0 Å². The monoisotopic (exact) mass is 358 g/mol. The Balaban J connectivity index is 1.71. The molecule has 0 radical (unpaired) electrons. The smallest absolute Gasteiger partial charge is 0.0896 e. The van der Waals surface area contributed by atoms with Gasteiger partial charge in [0.05, 0.1) is 26.2 Å². The largest absolute Gasteiger partial charge is 0.324 e. The lowest BCUT2D eigenvalue weighted by atomic mass is 9.87. The number of fused-ring (bicyclic) bond motifs is 2. The summed E-state index contributed by atoms with van der Waals surface area (Å²) in [4.78, 5) is 2.96. The molecule has 0 aromatic carbocycles. The van der Waals surface area contributed by atoms with Crippen LogP contribution in [0, 0.1) is 19.8 Å². The fraction of sp³-hybridized carbons (Fsp3) is 0.524. The third kappa shape index (κ3) is 2.71. The first kappa shape index (κ1) is 16.6. The molecule has 0 N–H and O–H groups in total. The summed E-state index contributed by atoms with van der Waals surface area (Å²) in [7, 11) is 4.91. The molecule has 2 aromatic rings. The average molecular weight is 359 g/mol. The maximum absolute atomic E-state index is 2.64. The van der Waals surface area contributed by atoms with Crippen molar-refractivity contribution < 1.29 is 4.48 Å². The molecule has 0 amide bonds. The molecule has 1 nitrogen and oxygen atoms in total. The number of thiophene rings is 2. The van der Waals surface area contributed by atoms with Gasteiger partial charge in [-0.1, -0.05) is 6.08 Å². The Hall–Kier alpha value is -0.900. The van der Waals surface area contributed by atoms with Crippen molar-refractivity contribution in [3.05, 3.63) is 49.9 Å². The maximum atomic E-state index is 2.64. The summed E-state index contributed by atoms with van der Waals surface area (Å²) < 4.78 is 1.26. The number of hydrogen-bond donors (Lipinski definition) is 0. The normalized spacial score (nSPS) is 28.1. The molecule has 2 aliphatic heterocycles. The quantitative estimate of drug-likeness (QED) is 0.601.